The van der Waals surface area contributed by atoms with E-state index in [4.69, 9.17) is 0 Å². The second kappa shape index (κ2) is 6.87. The van der Waals surface area contributed by atoms with Gasteiger partial charge in [0.05, 0.1) is 0 Å². The van der Waals surface area contributed by atoms with E-state index in [9.17, 15) is 0 Å². The molecule has 0 unspecified atom stereocenters. The first-order valence-corrected chi connectivity index (χ1v) is 6.55. The monoisotopic (exact) mass is 293 g/mol. The molecule has 0 saturated heterocycles. The summed E-state index contributed by atoms with van der Waals surface area (Å²) in [6, 6.07) is 9.38. The molecule has 0 N–H and O–H groups in total. The molecule has 0 atom stereocenters. The Morgan fingerprint density at radius 1 is 1.12 bits per heavy atom. The average molecular weight is 295 g/mol. The van der Waals surface area contributed by atoms with Crippen LogP contribution in [0.4, 0.5) is 5.69 Å². The van der Waals surface area contributed by atoms with Crippen molar-refractivity contribution in [2.45, 2.75) is 38.1 Å². The summed E-state index contributed by atoms with van der Waals surface area (Å²) in [4.78, 5) is 2.44. The van der Waals surface area contributed by atoms with Gasteiger partial charge >= 0.3 is 23.1 Å². The normalized spacial score (nSPS) is 16.6. The zero-order chi connectivity index (χ0) is 10.7. The summed E-state index contributed by atoms with van der Waals surface area (Å²) >= 11 is 3.47. The predicted molar refractivity (Wildman–Crippen MR) is 77.4 cm³/mol. The zero-order valence-corrected chi connectivity index (χ0v) is 13.0. The second-order valence-corrected chi connectivity index (χ2v) is 5.29. The Bertz CT molecular complexity index is 315. The largest absolute Gasteiger partial charge is 2.00 e. The molecule has 3 heteroatoms. The van der Waals surface area contributed by atoms with Gasteiger partial charge in [-0.3, -0.25) is 0 Å². The smallest absolute Gasteiger partial charge is 1.00 e. The molecular weight excluding hydrogens is 274 g/mol. The Balaban J connectivity index is 0. The zero-order valence-electron chi connectivity index (χ0n) is 12.0. The maximum absolute atomic E-state index is 3.47. The van der Waals surface area contributed by atoms with Crippen molar-refractivity contribution >= 4 is 44.7 Å². The number of hydrogen-bond donors (Lipinski definition) is 0. The van der Waals surface area contributed by atoms with E-state index in [0.29, 0.717) is 0 Å². The third-order valence-electron chi connectivity index (χ3n) is 3.36. The molecule has 0 heterocycles. The van der Waals surface area contributed by atoms with E-state index in [1.54, 1.807) is 0 Å². The van der Waals surface area contributed by atoms with Gasteiger partial charge in [0, 0.05) is 23.2 Å². The molecule has 1 nitrogen and oxygen atoms in total. The predicted octanol–water partition coefficient (Wildman–Crippen LogP) is 4.06. The van der Waals surface area contributed by atoms with Gasteiger partial charge in [0.1, 0.15) is 0 Å². The quantitative estimate of drug-likeness (QED) is 0.743. The summed E-state index contributed by atoms with van der Waals surface area (Å²) in [5.74, 6) is 0. The summed E-state index contributed by atoms with van der Waals surface area (Å²) in [7, 11) is 2.22. The van der Waals surface area contributed by atoms with Crippen LogP contribution in [-0.2, 0) is 0 Å². The first-order valence-electron chi connectivity index (χ1n) is 5.76. The van der Waals surface area contributed by atoms with Gasteiger partial charge in [-0.05, 0) is 37.1 Å². The molecule has 0 bridgehead atoms. The molecule has 1 fully saturated rings. The maximum atomic E-state index is 3.47. The molecule has 86 valence electrons. The fourth-order valence-electron chi connectivity index (χ4n) is 2.36. The summed E-state index contributed by atoms with van der Waals surface area (Å²) in [5.41, 5.74) is 1.34. The minimum Gasteiger partial charge on any atom is -1.00 e. The van der Waals surface area contributed by atoms with E-state index in [-0.39, 0.29) is 25.9 Å². The van der Waals surface area contributed by atoms with E-state index in [1.807, 2.05) is 0 Å². The Labute approximate surface area is 126 Å². The van der Waals surface area contributed by atoms with Crippen molar-refractivity contribution in [2.75, 3.05) is 11.9 Å². The number of nitrogens with zero attached hydrogens (tertiary/aromatic N) is 1. The SMILES string of the molecule is CN(c1ccc(Br)cc1)C1CCCCC1.[H-].[H-].[Mg+2]. The number of benzene rings is 1. The van der Waals surface area contributed by atoms with Gasteiger partial charge < -0.3 is 7.75 Å². The summed E-state index contributed by atoms with van der Waals surface area (Å²) in [5, 5.41) is 0. The van der Waals surface area contributed by atoms with Crippen LogP contribution >= 0.6 is 15.9 Å². The summed E-state index contributed by atoms with van der Waals surface area (Å²) in [6.07, 6.45) is 6.92. The van der Waals surface area contributed by atoms with Crippen molar-refractivity contribution in [3.63, 3.8) is 0 Å². The Hall–Kier alpha value is 0.266. The van der Waals surface area contributed by atoms with Gasteiger partial charge in [0.2, 0.25) is 0 Å². The first-order chi connectivity index (χ1) is 7.27. The molecule has 0 spiro atoms. The van der Waals surface area contributed by atoms with Crippen LogP contribution < -0.4 is 4.90 Å². The van der Waals surface area contributed by atoms with Crippen LogP contribution in [0.25, 0.3) is 0 Å². The topological polar surface area (TPSA) is 3.24 Å². The Kier molecular flexibility index (Phi) is 6.15. The fourth-order valence-corrected chi connectivity index (χ4v) is 2.62. The number of anilines is 1. The van der Waals surface area contributed by atoms with Gasteiger partial charge in [-0.2, -0.15) is 0 Å². The molecule has 0 aliphatic heterocycles. The fraction of sp³-hybridized carbons (Fsp3) is 0.538. The van der Waals surface area contributed by atoms with E-state index in [1.165, 1.54) is 37.8 Å². The second-order valence-electron chi connectivity index (χ2n) is 4.38. The third kappa shape index (κ3) is 3.64. The minimum absolute atomic E-state index is 0. The van der Waals surface area contributed by atoms with Gasteiger partial charge in [-0.25, -0.2) is 0 Å². The molecule has 0 aromatic heterocycles. The molecule has 1 aliphatic carbocycles. The average Bonchev–Trinajstić information content (AvgIpc) is 2.30. The molecule has 0 amide bonds. The number of hydrogen-bond acceptors (Lipinski definition) is 1. The first kappa shape index (κ1) is 14.3. The van der Waals surface area contributed by atoms with Crippen molar-refractivity contribution < 1.29 is 2.85 Å². The van der Waals surface area contributed by atoms with Crippen molar-refractivity contribution in [2.24, 2.45) is 0 Å². The summed E-state index contributed by atoms with van der Waals surface area (Å²) in [6.45, 7) is 0. The van der Waals surface area contributed by atoms with Crippen LogP contribution in [0.2, 0.25) is 0 Å². The third-order valence-corrected chi connectivity index (χ3v) is 3.88. The molecule has 1 saturated carbocycles. The van der Waals surface area contributed by atoms with E-state index in [0.717, 1.165) is 10.5 Å². The van der Waals surface area contributed by atoms with Gasteiger partial charge in [-0.15, -0.1) is 0 Å². The Morgan fingerprint density at radius 3 is 2.25 bits per heavy atom. The van der Waals surface area contributed by atoms with Crippen LogP contribution in [0.3, 0.4) is 0 Å². The van der Waals surface area contributed by atoms with Crippen LogP contribution in [0.1, 0.15) is 35.0 Å². The van der Waals surface area contributed by atoms with Gasteiger partial charge in [-0.1, -0.05) is 35.2 Å². The van der Waals surface area contributed by atoms with Crippen molar-refractivity contribution in [3.8, 4) is 0 Å². The molecule has 1 aromatic rings. The van der Waals surface area contributed by atoms with Crippen molar-refractivity contribution in [1.29, 1.82) is 0 Å². The molecule has 0 radical (unpaired) electrons. The number of rotatable bonds is 2. The number of halogens is 1. The van der Waals surface area contributed by atoms with Gasteiger partial charge in [0.25, 0.3) is 0 Å². The summed E-state index contributed by atoms with van der Waals surface area (Å²) < 4.78 is 1.16. The van der Waals surface area contributed by atoms with E-state index >= 15 is 0 Å². The van der Waals surface area contributed by atoms with Gasteiger partial charge in [0.15, 0.2) is 0 Å². The van der Waals surface area contributed by atoms with Crippen molar-refractivity contribution in [3.05, 3.63) is 28.7 Å². The van der Waals surface area contributed by atoms with E-state index in [2.05, 4.69) is 52.1 Å². The maximum Gasteiger partial charge on any atom is 2.00 e. The van der Waals surface area contributed by atoms with Crippen LogP contribution in [-0.4, -0.2) is 36.1 Å². The molecule has 2 rings (SSSR count). The molecular formula is C13H20BrMgN. The van der Waals surface area contributed by atoms with E-state index < -0.39 is 0 Å². The Morgan fingerprint density at radius 2 is 1.69 bits per heavy atom. The minimum atomic E-state index is 0. The standard InChI is InChI=1S/C13H18BrN.Mg.2H/c1-15(12-5-3-2-4-6-12)13-9-7-11(14)8-10-13;;;/h7-10,12H,2-6H2,1H3;;;/q;+2;2*-1. The van der Waals surface area contributed by atoms with Crippen LogP contribution in [0, 0.1) is 0 Å². The van der Waals surface area contributed by atoms with Crippen LogP contribution in [0.5, 0.6) is 0 Å². The van der Waals surface area contributed by atoms with Crippen molar-refractivity contribution in [1.82, 2.24) is 0 Å². The molecule has 1 aliphatic rings. The molecule has 16 heavy (non-hydrogen) atoms. The van der Waals surface area contributed by atoms with Crippen LogP contribution in [0.15, 0.2) is 28.7 Å². The molecule has 1 aromatic carbocycles.